The van der Waals surface area contributed by atoms with Gasteiger partial charge in [-0.2, -0.15) is 9.40 Å². The van der Waals surface area contributed by atoms with E-state index in [4.69, 9.17) is 13.9 Å². The Morgan fingerprint density at radius 3 is 2.71 bits per heavy atom. The van der Waals surface area contributed by atoms with Gasteiger partial charge in [0.25, 0.3) is 0 Å². The number of rotatable bonds is 6. The van der Waals surface area contributed by atoms with E-state index in [1.807, 2.05) is 11.7 Å². The quantitative estimate of drug-likeness (QED) is 0.582. The van der Waals surface area contributed by atoms with Crippen LogP contribution < -0.4 is 9.47 Å². The minimum atomic E-state index is -3.84. The van der Waals surface area contributed by atoms with Gasteiger partial charge in [-0.1, -0.05) is 0 Å². The van der Waals surface area contributed by atoms with Crippen molar-refractivity contribution in [2.75, 3.05) is 13.2 Å². The lowest BCUT2D eigenvalue weighted by Crippen LogP contribution is -2.30. The molecule has 1 aromatic carbocycles. The zero-order chi connectivity index (χ0) is 21.4. The van der Waals surface area contributed by atoms with E-state index in [9.17, 15) is 8.42 Å². The lowest BCUT2D eigenvalue weighted by atomic mass is 10.2. The fourth-order valence-corrected chi connectivity index (χ4v) is 5.63. The molecular weight excluding hydrogens is 418 g/mol. The van der Waals surface area contributed by atoms with Crippen LogP contribution in [-0.4, -0.2) is 35.7 Å². The normalized spacial score (nSPS) is 15.8. The Balaban J connectivity index is 1.51. The number of benzene rings is 1. The molecule has 1 aliphatic carbocycles. The van der Waals surface area contributed by atoms with Crippen LogP contribution in [0.1, 0.15) is 35.6 Å². The molecule has 0 saturated heterocycles. The van der Waals surface area contributed by atoms with Crippen molar-refractivity contribution in [2.45, 2.75) is 43.7 Å². The molecule has 5 rings (SSSR count). The van der Waals surface area contributed by atoms with Crippen LogP contribution in [0.5, 0.6) is 11.5 Å². The zero-order valence-electron chi connectivity index (χ0n) is 17.4. The molecule has 0 amide bonds. The van der Waals surface area contributed by atoms with Gasteiger partial charge in [-0.15, -0.1) is 0 Å². The molecule has 0 N–H and O–H groups in total. The van der Waals surface area contributed by atoms with E-state index in [2.05, 4.69) is 5.10 Å². The van der Waals surface area contributed by atoms with Crippen molar-refractivity contribution in [3.63, 3.8) is 0 Å². The Hall–Kier alpha value is -2.78. The first-order valence-corrected chi connectivity index (χ1v) is 11.9. The van der Waals surface area contributed by atoms with Crippen LogP contribution in [-0.2, 0) is 43.0 Å². The van der Waals surface area contributed by atoms with E-state index >= 15 is 0 Å². The summed E-state index contributed by atoms with van der Waals surface area (Å²) in [4.78, 5) is 0.163. The molecule has 0 radical (unpaired) electrons. The molecule has 3 aromatic rings. The van der Waals surface area contributed by atoms with Crippen LogP contribution in [0.25, 0.3) is 0 Å². The summed E-state index contributed by atoms with van der Waals surface area (Å²) >= 11 is 0. The van der Waals surface area contributed by atoms with E-state index in [1.165, 1.54) is 15.6 Å². The molecule has 2 aromatic heterocycles. The summed E-state index contributed by atoms with van der Waals surface area (Å²) < 4.78 is 47.5. The average Bonchev–Trinajstić information content (AvgIpc) is 3.45. The first kappa shape index (κ1) is 20.1. The van der Waals surface area contributed by atoms with Crippen molar-refractivity contribution in [1.82, 2.24) is 14.1 Å². The van der Waals surface area contributed by atoms with Crippen molar-refractivity contribution in [1.29, 1.82) is 0 Å². The van der Waals surface area contributed by atoms with Crippen LogP contribution >= 0.6 is 0 Å². The Labute approximate surface area is 181 Å². The van der Waals surface area contributed by atoms with Crippen LogP contribution in [0.15, 0.2) is 45.9 Å². The number of ether oxygens (including phenoxy) is 2. The average molecular weight is 444 g/mol. The minimum absolute atomic E-state index is 0.120. The third kappa shape index (κ3) is 3.83. The number of sulfonamides is 1. The van der Waals surface area contributed by atoms with Gasteiger partial charge in [0, 0.05) is 25.2 Å². The van der Waals surface area contributed by atoms with Crippen LogP contribution in [0.4, 0.5) is 0 Å². The molecule has 0 spiro atoms. The summed E-state index contributed by atoms with van der Waals surface area (Å²) in [5.41, 5.74) is 3.17. The fourth-order valence-electron chi connectivity index (χ4n) is 4.25. The highest BCUT2D eigenvalue weighted by molar-refractivity contribution is 7.89. The van der Waals surface area contributed by atoms with Gasteiger partial charge >= 0.3 is 0 Å². The molecular formula is C22H25N3O5S. The largest absolute Gasteiger partial charge is 0.490 e. The lowest BCUT2D eigenvalue weighted by Gasteiger charge is -2.21. The monoisotopic (exact) mass is 443 g/mol. The highest BCUT2D eigenvalue weighted by Gasteiger charge is 2.30. The molecule has 31 heavy (non-hydrogen) atoms. The summed E-state index contributed by atoms with van der Waals surface area (Å²) in [6.45, 7) is 1.34. The molecule has 0 atom stereocenters. The van der Waals surface area contributed by atoms with Crippen LogP contribution in [0.3, 0.4) is 0 Å². The summed E-state index contributed by atoms with van der Waals surface area (Å²) in [6.07, 6.45) is 5.28. The van der Waals surface area contributed by atoms with Crippen molar-refractivity contribution >= 4 is 10.0 Å². The number of nitrogens with zero attached hydrogens (tertiary/aromatic N) is 3. The second-order valence-electron chi connectivity index (χ2n) is 7.86. The van der Waals surface area contributed by atoms with Gasteiger partial charge in [-0.25, -0.2) is 8.42 Å². The molecule has 3 heterocycles. The fraction of sp³-hybridized carbons (Fsp3) is 0.409. The molecule has 0 unspecified atom stereocenters. The molecule has 0 saturated carbocycles. The molecule has 1 aliphatic heterocycles. The van der Waals surface area contributed by atoms with E-state index in [1.54, 1.807) is 36.6 Å². The van der Waals surface area contributed by atoms with Gasteiger partial charge in [0.2, 0.25) is 10.0 Å². The summed E-state index contributed by atoms with van der Waals surface area (Å²) in [5, 5.41) is 4.63. The maximum absolute atomic E-state index is 13.7. The van der Waals surface area contributed by atoms with Gasteiger partial charge in [-0.05, 0) is 49.1 Å². The third-order valence-corrected chi connectivity index (χ3v) is 7.58. The maximum Gasteiger partial charge on any atom is 0.243 e. The number of aryl methyl sites for hydroxylation is 1. The predicted octanol–water partition coefficient (Wildman–Crippen LogP) is 3.05. The Bertz CT molecular complexity index is 1180. The third-order valence-electron chi connectivity index (χ3n) is 5.79. The van der Waals surface area contributed by atoms with Gasteiger partial charge in [-0.3, -0.25) is 4.68 Å². The highest BCUT2D eigenvalue weighted by atomic mass is 32.2. The lowest BCUT2D eigenvalue weighted by molar-refractivity contribution is 0.296. The van der Waals surface area contributed by atoms with E-state index < -0.39 is 10.0 Å². The van der Waals surface area contributed by atoms with Gasteiger partial charge in [0.1, 0.15) is 5.76 Å². The molecule has 0 bridgehead atoms. The van der Waals surface area contributed by atoms with Crippen LogP contribution in [0, 0.1) is 0 Å². The van der Waals surface area contributed by atoms with Crippen molar-refractivity contribution in [3.05, 3.63) is 59.3 Å². The summed E-state index contributed by atoms with van der Waals surface area (Å²) in [6, 6.07) is 8.32. The van der Waals surface area contributed by atoms with E-state index in [0.29, 0.717) is 30.5 Å². The van der Waals surface area contributed by atoms with Crippen LogP contribution in [0.2, 0.25) is 0 Å². The van der Waals surface area contributed by atoms with Gasteiger partial charge < -0.3 is 13.9 Å². The maximum atomic E-state index is 13.7. The minimum Gasteiger partial charge on any atom is -0.490 e. The molecule has 9 heteroatoms. The standard InChI is InChI=1S/C22H25N3O5S/c1-24-20-7-2-6-18(20)19(23-24)15-25(14-16-5-3-10-28-16)31(26,27)17-8-9-21-22(13-17)30-12-4-11-29-21/h3,5,8-10,13H,2,4,6-7,11-12,14-15H2,1H3. The number of hydrogen-bond acceptors (Lipinski definition) is 6. The zero-order valence-corrected chi connectivity index (χ0v) is 18.2. The molecule has 2 aliphatic rings. The molecule has 0 fully saturated rings. The highest BCUT2D eigenvalue weighted by Crippen LogP contribution is 2.34. The number of fused-ring (bicyclic) bond motifs is 2. The SMILES string of the molecule is Cn1nc(CN(Cc2ccco2)S(=O)(=O)c2ccc3c(c2)OCCCO3)c2c1CCC2. The second kappa shape index (κ2) is 8.05. The Kier molecular flexibility index (Phi) is 5.23. The van der Waals surface area contributed by atoms with Crippen molar-refractivity contribution < 1.29 is 22.3 Å². The number of aromatic nitrogens is 2. The van der Waals surface area contributed by atoms with Gasteiger partial charge in [0.15, 0.2) is 11.5 Å². The number of hydrogen-bond donors (Lipinski definition) is 0. The smallest absolute Gasteiger partial charge is 0.243 e. The second-order valence-corrected chi connectivity index (χ2v) is 9.80. The molecule has 164 valence electrons. The first-order chi connectivity index (χ1) is 15.0. The van der Waals surface area contributed by atoms with Crippen molar-refractivity contribution in [3.8, 4) is 11.5 Å². The van der Waals surface area contributed by atoms with Gasteiger partial charge in [0.05, 0.1) is 43.2 Å². The topological polar surface area (TPSA) is 86.8 Å². The Morgan fingerprint density at radius 2 is 1.90 bits per heavy atom. The van der Waals surface area contributed by atoms with E-state index in [-0.39, 0.29) is 18.0 Å². The summed E-state index contributed by atoms with van der Waals surface area (Å²) in [7, 11) is -1.92. The number of furan rings is 1. The van der Waals surface area contributed by atoms with E-state index in [0.717, 1.165) is 31.4 Å². The summed E-state index contributed by atoms with van der Waals surface area (Å²) in [5.74, 6) is 1.59. The Morgan fingerprint density at radius 1 is 1.06 bits per heavy atom. The predicted molar refractivity (Wildman–Crippen MR) is 112 cm³/mol. The molecule has 8 nitrogen and oxygen atoms in total. The van der Waals surface area contributed by atoms with Crippen molar-refractivity contribution in [2.24, 2.45) is 7.05 Å². The first-order valence-electron chi connectivity index (χ1n) is 10.5.